The number of nitrogens with one attached hydrogen (secondary N) is 1. The van der Waals surface area contributed by atoms with Gasteiger partial charge in [0.2, 0.25) is 0 Å². The Kier molecular flexibility index (Phi) is 6.41. The zero-order valence-electron chi connectivity index (χ0n) is 17.8. The van der Waals surface area contributed by atoms with Gasteiger partial charge in [0.25, 0.3) is 5.91 Å². The Bertz CT molecular complexity index is 978. The maximum atomic E-state index is 12.7. The Morgan fingerprint density at radius 2 is 1.72 bits per heavy atom. The average Bonchev–Trinajstić information content (AvgIpc) is 3.38. The lowest BCUT2D eigenvalue weighted by atomic mass is 9.98. The van der Waals surface area contributed by atoms with Gasteiger partial charge in [-0.3, -0.25) is 9.59 Å². The lowest BCUT2D eigenvalue weighted by molar-refractivity contribution is -0.149. The summed E-state index contributed by atoms with van der Waals surface area (Å²) in [5.41, 5.74) is 4.52. The number of carboxylic acids is 1. The number of hydrogen-bond acceptors (Lipinski definition) is 5. The highest BCUT2D eigenvalue weighted by atomic mass is 16.6. The quantitative estimate of drug-likeness (QED) is 0.689. The molecule has 1 saturated heterocycles. The third-order valence-electron chi connectivity index (χ3n) is 6.00. The van der Waals surface area contributed by atoms with E-state index < -0.39 is 36.7 Å². The Hall–Kier alpha value is -3.39. The van der Waals surface area contributed by atoms with E-state index in [1.807, 2.05) is 36.4 Å². The number of nitrogens with zero attached hydrogens (tertiary/aromatic N) is 1. The molecule has 1 heterocycles. The lowest BCUT2D eigenvalue weighted by Gasteiger charge is -2.25. The Morgan fingerprint density at radius 1 is 1.09 bits per heavy atom. The van der Waals surface area contributed by atoms with Crippen molar-refractivity contribution >= 4 is 18.0 Å². The second-order valence-corrected chi connectivity index (χ2v) is 7.90. The van der Waals surface area contributed by atoms with Crippen LogP contribution >= 0.6 is 0 Å². The van der Waals surface area contributed by atoms with Crippen molar-refractivity contribution in [3.63, 3.8) is 0 Å². The number of fused-ring (bicyclic) bond motifs is 3. The Balaban J connectivity index is 1.39. The van der Waals surface area contributed by atoms with Crippen LogP contribution in [0.5, 0.6) is 0 Å². The maximum absolute atomic E-state index is 12.7. The van der Waals surface area contributed by atoms with Crippen LogP contribution in [0.4, 0.5) is 4.79 Å². The molecule has 1 aliphatic carbocycles. The summed E-state index contributed by atoms with van der Waals surface area (Å²) >= 11 is 0. The van der Waals surface area contributed by atoms with Crippen molar-refractivity contribution < 1.29 is 29.0 Å². The fourth-order valence-corrected chi connectivity index (χ4v) is 4.46. The summed E-state index contributed by atoms with van der Waals surface area (Å²) in [5.74, 6) is -1.60. The van der Waals surface area contributed by atoms with E-state index in [1.54, 1.807) is 6.92 Å². The van der Waals surface area contributed by atoms with Gasteiger partial charge in [0.05, 0.1) is 6.04 Å². The van der Waals surface area contributed by atoms with Gasteiger partial charge in [-0.15, -0.1) is 0 Å². The molecular weight excluding hydrogens is 412 g/mol. The number of amides is 2. The van der Waals surface area contributed by atoms with Gasteiger partial charge in [0.15, 0.2) is 6.10 Å². The summed E-state index contributed by atoms with van der Waals surface area (Å²) in [6.45, 7) is 2.00. The molecule has 2 amide bonds. The van der Waals surface area contributed by atoms with Gasteiger partial charge in [-0.1, -0.05) is 48.5 Å². The van der Waals surface area contributed by atoms with E-state index in [1.165, 1.54) is 4.90 Å². The zero-order chi connectivity index (χ0) is 22.7. The van der Waals surface area contributed by atoms with Crippen LogP contribution < -0.4 is 5.32 Å². The van der Waals surface area contributed by atoms with Crippen LogP contribution in [-0.2, 0) is 19.1 Å². The molecule has 2 N–H and O–H groups in total. The molecule has 0 aromatic heterocycles. The van der Waals surface area contributed by atoms with Gasteiger partial charge in [-0.25, -0.2) is 4.79 Å². The molecule has 2 aromatic rings. The van der Waals surface area contributed by atoms with E-state index in [-0.39, 0.29) is 19.1 Å². The van der Waals surface area contributed by atoms with Crippen molar-refractivity contribution in [2.45, 2.75) is 31.4 Å². The lowest BCUT2D eigenvalue weighted by Crippen LogP contribution is -2.50. The van der Waals surface area contributed by atoms with E-state index in [4.69, 9.17) is 14.6 Å². The number of ether oxygens (including phenoxy) is 2. The molecular formula is C24H26N2O6. The summed E-state index contributed by atoms with van der Waals surface area (Å²) < 4.78 is 11.1. The molecule has 168 valence electrons. The predicted octanol–water partition coefficient (Wildman–Crippen LogP) is 2.62. The monoisotopic (exact) mass is 438 g/mol. The van der Waals surface area contributed by atoms with Crippen LogP contribution in [0.25, 0.3) is 11.1 Å². The summed E-state index contributed by atoms with van der Waals surface area (Å²) in [4.78, 5) is 37.5. The minimum atomic E-state index is -1.10. The number of aliphatic carboxylic acids is 1. The number of benzene rings is 2. The van der Waals surface area contributed by atoms with Crippen LogP contribution in [0, 0.1) is 0 Å². The summed E-state index contributed by atoms with van der Waals surface area (Å²) in [6.07, 6.45) is -1.10. The van der Waals surface area contributed by atoms with Crippen molar-refractivity contribution in [3.05, 3.63) is 59.7 Å². The standard InChI is InChI=1S/C24H26N2O6/c1-2-26(13-21(27)28)23(29)22-20(11-12-31-22)25-24(30)32-14-19-17-9-5-3-7-15(17)16-8-4-6-10-18(16)19/h3-10,19-20,22H,2,11-14H2,1H3,(H,25,30)(H,27,28)/t20-,22+/m0/s1. The highest BCUT2D eigenvalue weighted by Gasteiger charge is 2.38. The molecule has 0 bridgehead atoms. The van der Waals surface area contributed by atoms with E-state index in [9.17, 15) is 14.4 Å². The predicted molar refractivity (Wildman–Crippen MR) is 116 cm³/mol. The first kappa shape index (κ1) is 21.8. The molecule has 1 aliphatic heterocycles. The summed E-state index contributed by atoms with van der Waals surface area (Å²) in [7, 11) is 0. The first-order valence-electron chi connectivity index (χ1n) is 10.7. The first-order valence-corrected chi connectivity index (χ1v) is 10.7. The average molecular weight is 438 g/mol. The molecule has 4 rings (SSSR count). The molecule has 2 aromatic carbocycles. The SMILES string of the molecule is CCN(CC(=O)O)C(=O)[C@@H]1OCC[C@@H]1NC(=O)OCC1c2ccccc2-c2ccccc21. The van der Waals surface area contributed by atoms with Gasteiger partial charge < -0.3 is 24.8 Å². The molecule has 2 aliphatic rings. The second-order valence-electron chi connectivity index (χ2n) is 7.90. The van der Waals surface area contributed by atoms with Crippen molar-refractivity contribution in [1.82, 2.24) is 10.2 Å². The Labute approximate surface area is 186 Å². The molecule has 8 nitrogen and oxygen atoms in total. The highest BCUT2D eigenvalue weighted by Crippen LogP contribution is 2.44. The van der Waals surface area contributed by atoms with Crippen LogP contribution in [0.1, 0.15) is 30.4 Å². The minimum absolute atomic E-state index is 0.0587. The van der Waals surface area contributed by atoms with Gasteiger partial charge in [0, 0.05) is 19.1 Å². The highest BCUT2D eigenvalue weighted by molar-refractivity contribution is 5.86. The van der Waals surface area contributed by atoms with Crippen LogP contribution in [-0.4, -0.2) is 66.4 Å². The molecule has 0 spiro atoms. The molecule has 2 atom stereocenters. The zero-order valence-corrected chi connectivity index (χ0v) is 17.8. The van der Waals surface area contributed by atoms with Crippen molar-refractivity contribution in [1.29, 1.82) is 0 Å². The van der Waals surface area contributed by atoms with E-state index in [0.29, 0.717) is 13.0 Å². The fraction of sp³-hybridized carbons (Fsp3) is 0.375. The largest absolute Gasteiger partial charge is 0.480 e. The Morgan fingerprint density at radius 3 is 2.31 bits per heavy atom. The molecule has 0 saturated carbocycles. The topological polar surface area (TPSA) is 105 Å². The van der Waals surface area contributed by atoms with Crippen LogP contribution in [0.2, 0.25) is 0 Å². The number of carbonyl (C=O) groups is 3. The van der Waals surface area contributed by atoms with Crippen molar-refractivity contribution in [2.75, 3.05) is 26.3 Å². The smallest absolute Gasteiger partial charge is 0.407 e. The van der Waals surface area contributed by atoms with Crippen molar-refractivity contribution in [2.24, 2.45) is 0 Å². The normalized spacial score (nSPS) is 19.2. The summed E-state index contributed by atoms with van der Waals surface area (Å²) in [5, 5.41) is 11.7. The second kappa shape index (κ2) is 9.40. The minimum Gasteiger partial charge on any atom is -0.480 e. The number of carboxylic acid groups (broad SMARTS) is 1. The molecule has 0 radical (unpaired) electrons. The molecule has 0 unspecified atom stereocenters. The van der Waals surface area contributed by atoms with Crippen LogP contribution in [0.3, 0.4) is 0 Å². The van der Waals surface area contributed by atoms with Gasteiger partial charge >= 0.3 is 12.1 Å². The summed E-state index contributed by atoms with van der Waals surface area (Å²) in [6, 6.07) is 15.6. The number of carbonyl (C=O) groups excluding carboxylic acids is 2. The first-order chi connectivity index (χ1) is 15.5. The number of rotatable bonds is 7. The van der Waals surface area contributed by atoms with Gasteiger partial charge in [0.1, 0.15) is 13.2 Å². The number of alkyl carbamates (subject to hydrolysis) is 1. The maximum Gasteiger partial charge on any atom is 0.407 e. The fourth-order valence-electron chi connectivity index (χ4n) is 4.46. The third-order valence-corrected chi connectivity index (χ3v) is 6.00. The molecule has 1 fully saturated rings. The van der Waals surface area contributed by atoms with Gasteiger partial charge in [-0.2, -0.15) is 0 Å². The van der Waals surface area contributed by atoms with E-state index in [2.05, 4.69) is 17.4 Å². The van der Waals surface area contributed by atoms with E-state index >= 15 is 0 Å². The number of likely N-dealkylation sites (N-methyl/N-ethyl adjacent to an activating group) is 1. The van der Waals surface area contributed by atoms with E-state index in [0.717, 1.165) is 22.3 Å². The number of hydrogen-bond donors (Lipinski definition) is 2. The van der Waals surface area contributed by atoms with Gasteiger partial charge in [-0.05, 0) is 35.6 Å². The molecule has 32 heavy (non-hydrogen) atoms. The van der Waals surface area contributed by atoms with Crippen molar-refractivity contribution in [3.8, 4) is 11.1 Å². The third kappa shape index (κ3) is 4.31. The molecule has 8 heteroatoms. The van der Waals surface area contributed by atoms with Crippen LogP contribution in [0.15, 0.2) is 48.5 Å².